The molecule has 27 heavy (non-hydrogen) atoms. The first kappa shape index (κ1) is 18.3. The van der Waals surface area contributed by atoms with Gasteiger partial charge in [0.2, 0.25) is 11.0 Å². The number of anilines is 1. The summed E-state index contributed by atoms with van der Waals surface area (Å²) in [5, 5.41) is 12.1. The minimum Gasteiger partial charge on any atom is -0.465 e. The Bertz CT molecular complexity index is 977. The number of hydrazone groups is 1. The molecule has 0 fully saturated rings. The molecule has 0 aliphatic rings. The van der Waals surface area contributed by atoms with Crippen LogP contribution in [0.5, 0.6) is 0 Å². The fourth-order valence-corrected chi connectivity index (χ4v) is 2.76. The Hall–Kier alpha value is -3.53. The van der Waals surface area contributed by atoms with E-state index in [1.54, 1.807) is 36.4 Å². The molecule has 3 aromatic rings. The van der Waals surface area contributed by atoms with Gasteiger partial charge in [-0.15, -0.1) is 10.2 Å². The quantitative estimate of drug-likeness (QED) is 0.376. The van der Waals surface area contributed by atoms with Gasteiger partial charge in [0, 0.05) is 5.56 Å². The predicted molar refractivity (Wildman–Crippen MR) is 99.2 cm³/mol. The van der Waals surface area contributed by atoms with E-state index in [2.05, 4.69) is 25.5 Å². The number of amides is 1. The summed E-state index contributed by atoms with van der Waals surface area (Å²) in [6, 6.07) is 10.3. The monoisotopic (exact) mass is 385 g/mol. The highest BCUT2D eigenvalue weighted by Crippen LogP contribution is 2.22. The Morgan fingerprint density at radius 3 is 2.70 bits per heavy atom. The molecule has 1 aromatic carbocycles. The Morgan fingerprint density at radius 2 is 2.04 bits per heavy atom. The molecule has 2 heterocycles. The van der Waals surface area contributed by atoms with E-state index in [9.17, 15) is 9.59 Å². The highest BCUT2D eigenvalue weighted by molar-refractivity contribution is 7.15. The number of nitrogens with one attached hydrogen (secondary N) is 1. The third kappa shape index (κ3) is 4.76. The fraction of sp³-hybridized carbons (Fsp3) is 0.118. The average Bonchev–Trinajstić information content (AvgIpc) is 3.30. The molecule has 0 aliphatic carbocycles. The standard InChI is InChI=1S/C17H15N5O4S/c1-25-16(24)11-4-2-10(3-5-11)13-7-6-12(26-13)9-19-20-14(23)8-15-21-22-17(18)27-15/h2-7,9H,8H2,1H3,(H2,18,22)(H,20,23)/b19-9-. The van der Waals surface area contributed by atoms with Crippen molar-refractivity contribution in [3.8, 4) is 11.3 Å². The average molecular weight is 385 g/mol. The van der Waals surface area contributed by atoms with E-state index in [0.717, 1.165) is 16.9 Å². The van der Waals surface area contributed by atoms with Gasteiger partial charge in [-0.2, -0.15) is 5.10 Å². The summed E-state index contributed by atoms with van der Waals surface area (Å²) in [5.74, 6) is 0.319. The molecule has 2 aromatic heterocycles. The Morgan fingerprint density at radius 1 is 1.26 bits per heavy atom. The molecule has 0 saturated heterocycles. The first-order chi connectivity index (χ1) is 13.0. The minimum atomic E-state index is -0.402. The summed E-state index contributed by atoms with van der Waals surface area (Å²) < 4.78 is 10.3. The van der Waals surface area contributed by atoms with Crippen molar-refractivity contribution in [1.82, 2.24) is 15.6 Å². The van der Waals surface area contributed by atoms with Crippen LogP contribution in [0, 0.1) is 0 Å². The van der Waals surface area contributed by atoms with E-state index in [-0.39, 0.29) is 12.3 Å². The van der Waals surface area contributed by atoms with Crippen molar-refractivity contribution < 1.29 is 18.7 Å². The van der Waals surface area contributed by atoms with Crippen molar-refractivity contribution >= 4 is 34.6 Å². The van der Waals surface area contributed by atoms with Crippen LogP contribution < -0.4 is 11.2 Å². The number of carbonyl (C=O) groups is 2. The molecule has 0 radical (unpaired) electrons. The molecule has 3 N–H and O–H groups in total. The number of nitrogens with two attached hydrogens (primary N) is 1. The van der Waals surface area contributed by atoms with Crippen molar-refractivity contribution in [2.75, 3.05) is 12.8 Å². The SMILES string of the molecule is COC(=O)c1ccc(-c2ccc(/C=N\NC(=O)Cc3nnc(N)s3)o2)cc1. The van der Waals surface area contributed by atoms with Crippen LogP contribution in [0.2, 0.25) is 0 Å². The maximum atomic E-state index is 11.8. The minimum absolute atomic E-state index is 0.0438. The molecule has 9 nitrogen and oxygen atoms in total. The summed E-state index contributed by atoms with van der Waals surface area (Å²) >= 11 is 1.15. The van der Waals surface area contributed by atoms with Crippen molar-refractivity contribution in [1.29, 1.82) is 0 Å². The smallest absolute Gasteiger partial charge is 0.337 e. The number of nitrogens with zero attached hydrogens (tertiary/aromatic N) is 3. The van der Waals surface area contributed by atoms with E-state index in [1.807, 2.05) is 0 Å². The third-order valence-electron chi connectivity index (χ3n) is 3.39. The first-order valence-corrected chi connectivity index (χ1v) is 8.55. The summed E-state index contributed by atoms with van der Waals surface area (Å²) in [6.07, 6.45) is 1.43. The van der Waals surface area contributed by atoms with Crippen LogP contribution in [-0.4, -0.2) is 35.4 Å². The fourth-order valence-electron chi connectivity index (χ4n) is 2.15. The Kier molecular flexibility index (Phi) is 5.57. The van der Waals surface area contributed by atoms with Crippen LogP contribution in [0.4, 0.5) is 5.13 Å². The largest absolute Gasteiger partial charge is 0.465 e. The van der Waals surface area contributed by atoms with Crippen molar-refractivity contribution in [2.45, 2.75) is 6.42 Å². The highest BCUT2D eigenvalue weighted by atomic mass is 32.1. The molecule has 138 valence electrons. The maximum Gasteiger partial charge on any atom is 0.337 e. The molecule has 3 rings (SSSR count). The predicted octanol–water partition coefficient (Wildman–Crippen LogP) is 1.86. The number of hydrogen-bond acceptors (Lipinski definition) is 9. The molecule has 1 amide bonds. The number of rotatable bonds is 6. The van der Waals surface area contributed by atoms with E-state index in [4.69, 9.17) is 10.2 Å². The number of carbonyl (C=O) groups excluding carboxylic acids is 2. The summed E-state index contributed by atoms with van der Waals surface area (Å²) in [6.45, 7) is 0. The lowest BCUT2D eigenvalue weighted by Gasteiger charge is -2.00. The van der Waals surface area contributed by atoms with Crippen molar-refractivity contribution in [2.24, 2.45) is 5.10 Å². The Labute approximate surface area is 157 Å². The van der Waals surface area contributed by atoms with Gasteiger partial charge in [0.15, 0.2) is 0 Å². The van der Waals surface area contributed by atoms with Crippen molar-refractivity contribution in [3.63, 3.8) is 0 Å². The zero-order valence-corrected chi connectivity index (χ0v) is 15.0. The van der Waals surface area contributed by atoms with Gasteiger partial charge in [-0.1, -0.05) is 23.5 Å². The zero-order chi connectivity index (χ0) is 19.2. The van der Waals surface area contributed by atoms with Crippen molar-refractivity contribution in [3.05, 3.63) is 52.7 Å². The molecule has 0 aliphatic heterocycles. The van der Waals surface area contributed by atoms with Gasteiger partial charge < -0.3 is 14.9 Å². The summed E-state index contributed by atoms with van der Waals surface area (Å²) in [7, 11) is 1.33. The number of ether oxygens (including phenoxy) is 1. The number of benzene rings is 1. The van der Waals surface area contributed by atoms with Gasteiger partial charge in [0.05, 0.1) is 25.3 Å². The van der Waals surface area contributed by atoms with Gasteiger partial charge in [-0.05, 0) is 24.3 Å². The number of aromatic nitrogens is 2. The molecular formula is C17H15N5O4S. The number of hydrogen-bond donors (Lipinski definition) is 2. The second-order valence-electron chi connectivity index (χ2n) is 5.27. The first-order valence-electron chi connectivity index (χ1n) is 7.73. The van der Waals surface area contributed by atoms with E-state index in [0.29, 0.717) is 27.2 Å². The van der Waals surface area contributed by atoms with Gasteiger partial charge in [0.25, 0.3) is 0 Å². The van der Waals surface area contributed by atoms with Crippen LogP contribution in [-0.2, 0) is 16.0 Å². The van der Waals surface area contributed by atoms with Gasteiger partial charge in [0.1, 0.15) is 16.5 Å². The molecule has 10 heteroatoms. The third-order valence-corrected chi connectivity index (χ3v) is 4.14. The van der Waals surface area contributed by atoms with Crippen LogP contribution in [0.25, 0.3) is 11.3 Å². The molecule has 0 bridgehead atoms. The zero-order valence-electron chi connectivity index (χ0n) is 14.2. The second kappa shape index (κ2) is 8.23. The van der Waals surface area contributed by atoms with Gasteiger partial charge in [-0.3, -0.25) is 4.79 Å². The number of methoxy groups -OCH3 is 1. The maximum absolute atomic E-state index is 11.8. The topological polar surface area (TPSA) is 133 Å². The lowest BCUT2D eigenvalue weighted by molar-refractivity contribution is -0.120. The summed E-state index contributed by atoms with van der Waals surface area (Å²) in [4.78, 5) is 23.2. The molecule has 0 unspecified atom stereocenters. The van der Waals surface area contributed by atoms with E-state index in [1.165, 1.54) is 13.3 Å². The number of nitrogen functional groups attached to an aromatic ring is 1. The normalized spacial score (nSPS) is 10.9. The van der Waals surface area contributed by atoms with E-state index >= 15 is 0 Å². The van der Waals surface area contributed by atoms with Crippen LogP contribution >= 0.6 is 11.3 Å². The highest BCUT2D eigenvalue weighted by Gasteiger charge is 2.09. The summed E-state index contributed by atoms with van der Waals surface area (Å²) in [5.41, 5.74) is 9.09. The number of esters is 1. The van der Waals surface area contributed by atoms with Crippen LogP contribution in [0.1, 0.15) is 21.1 Å². The molecule has 0 saturated carbocycles. The van der Waals surface area contributed by atoms with Crippen LogP contribution in [0.15, 0.2) is 45.9 Å². The molecular weight excluding hydrogens is 370 g/mol. The lowest BCUT2D eigenvalue weighted by atomic mass is 10.1. The van der Waals surface area contributed by atoms with E-state index < -0.39 is 5.97 Å². The molecule has 0 atom stereocenters. The second-order valence-corrected chi connectivity index (χ2v) is 6.37. The van der Waals surface area contributed by atoms with Gasteiger partial charge >= 0.3 is 5.97 Å². The lowest BCUT2D eigenvalue weighted by Crippen LogP contribution is -2.19. The molecule has 0 spiro atoms. The van der Waals surface area contributed by atoms with Crippen LogP contribution in [0.3, 0.4) is 0 Å². The van der Waals surface area contributed by atoms with Gasteiger partial charge in [-0.25, -0.2) is 10.2 Å². The Balaban J connectivity index is 1.58. The number of furan rings is 1.